The van der Waals surface area contributed by atoms with Gasteiger partial charge in [0.25, 0.3) is 0 Å². The van der Waals surface area contributed by atoms with Gasteiger partial charge in [-0.05, 0) is 43.9 Å². The summed E-state index contributed by atoms with van der Waals surface area (Å²) in [4.78, 5) is 6.82. The summed E-state index contributed by atoms with van der Waals surface area (Å²) in [5.41, 5.74) is 2.03. The van der Waals surface area contributed by atoms with E-state index >= 15 is 0 Å². The van der Waals surface area contributed by atoms with Gasteiger partial charge in [-0.1, -0.05) is 13.8 Å². The molecule has 0 saturated carbocycles. The van der Waals surface area contributed by atoms with Gasteiger partial charge >= 0.3 is 0 Å². The monoisotopic (exact) mass is 236 g/mol. The number of nitrogens with zero attached hydrogens (tertiary/aromatic N) is 2. The summed E-state index contributed by atoms with van der Waals surface area (Å²) < 4.78 is 0. The molecule has 3 heteroatoms. The van der Waals surface area contributed by atoms with Gasteiger partial charge < -0.3 is 10.0 Å². The minimum absolute atomic E-state index is 0.443. The average Bonchev–Trinajstić information content (AvgIpc) is 2.28. The van der Waals surface area contributed by atoms with E-state index in [1.807, 2.05) is 6.07 Å². The summed E-state index contributed by atoms with van der Waals surface area (Å²) in [5, 5.41) is 9.53. The van der Waals surface area contributed by atoms with Crippen molar-refractivity contribution in [1.82, 2.24) is 4.98 Å². The Labute approximate surface area is 104 Å². The predicted octanol–water partition coefficient (Wildman–Crippen LogP) is 3.07. The molecule has 1 heterocycles. The van der Waals surface area contributed by atoms with Crippen LogP contribution in [0.25, 0.3) is 0 Å². The number of hydrogen-bond acceptors (Lipinski definition) is 3. The van der Waals surface area contributed by atoms with E-state index in [4.69, 9.17) is 0 Å². The summed E-state index contributed by atoms with van der Waals surface area (Å²) >= 11 is 0. The standard InChI is InChI=1S/C14H24N2O/c1-5-7-16(8-6-2)14-11(3)9-13(10-15-14)12(4)17/h9-10,12,17H,5-8H2,1-4H3/t12-/m1/s1. The van der Waals surface area contributed by atoms with Gasteiger partial charge in [0.2, 0.25) is 0 Å². The summed E-state index contributed by atoms with van der Waals surface area (Å²) in [6.07, 6.45) is 3.59. The highest BCUT2D eigenvalue weighted by molar-refractivity contribution is 5.47. The molecule has 0 aromatic carbocycles. The molecule has 0 radical (unpaired) electrons. The van der Waals surface area contributed by atoms with Crippen molar-refractivity contribution in [3.8, 4) is 0 Å². The molecule has 1 aromatic rings. The van der Waals surface area contributed by atoms with Crippen LogP contribution in [0.15, 0.2) is 12.3 Å². The lowest BCUT2D eigenvalue weighted by molar-refractivity contribution is 0.199. The highest BCUT2D eigenvalue weighted by atomic mass is 16.3. The Bertz CT molecular complexity index is 344. The van der Waals surface area contributed by atoms with Crippen LogP contribution in [0, 0.1) is 6.92 Å². The number of pyridine rings is 1. The van der Waals surface area contributed by atoms with Crippen molar-refractivity contribution in [2.45, 2.75) is 46.6 Å². The molecule has 0 spiro atoms. The number of aliphatic hydroxyl groups is 1. The van der Waals surface area contributed by atoms with Crippen LogP contribution in [-0.2, 0) is 0 Å². The zero-order valence-corrected chi connectivity index (χ0v) is 11.4. The maximum absolute atomic E-state index is 9.53. The van der Waals surface area contributed by atoms with Gasteiger partial charge in [0.15, 0.2) is 0 Å². The van der Waals surface area contributed by atoms with Gasteiger partial charge in [0.05, 0.1) is 6.10 Å². The van der Waals surface area contributed by atoms with Crippen LogP contribution >= 0.6 is 0 Å². The third kappa shape index (κ3) is 3.70. The number of rotatable bonds is 6. The van der Waals surface area contributed by atoms with Crippen molar-refractivity contribution in [1.29, 1.82) is 0 Å². The second-order valence-corrected chi connectivity index (χ2v) is 4.57. The highest BCUT2D eigenvalue weighted by Gasteiger charge is 2.11. The minimum Gasteiger partial charge on any atom is -0.389 e. The van der Waals surface area contributed by atoms with Crippen LogP contribution in [0.4, 0.5) is 5.82 Å². The fraction of sp³-hybridized carbons (Fsp3) is 0.643. The van der Waals surface area contributed by atoms with Crippen molar-refractivity contribution in [2.24, 2.45) is 0 Å². The van der Waals surface area contributed by atoms with Gasteiger partial charge in [0.1, 0.15) is 5.82 Å². The third-order valence-corrected chi connectivity index (χ3v) is 2.84. The van der Waals surface area contributed by atoms with E-state index in [2.05, 4.69) is 30.7 Å². The second kappa shape index (κ2) is 6.60. The largest absolute Gasteiger partial charge is 0.389 e. The minimum atomic E-state index is -0.443. The molecule has 17 heavy (non-hydrogen) atoms. The lowest BCUT2D eigenvalue weighted by Gasteiger charge is -2.24. The van der Waals surface area contributed by atoms with Crippen LogP contribution < -0.4 is 4.90 Å². The van der Waals surface area contributed by atoms with Gasteiger partial charge in [-0.25, -0.2) is 4.98 Å². The summed E-state index contributed by atoms with van der Waals surface area (Å²) in [5.74, 6) is 1.05. The predicted molar refractivity (Wildman–Crippen MR) is 72.4 cm³/mol. The lowest BCUT2D eigenvalue weighted by atomic mass is 10.1. The zero-order valence-electron chi connectivity index (χ0n) is 11.4. The first-order valence-electron chi connectivity index (χ1n) is 6.49. The number of anilines is 1. The first-order valence-corrected chi connectivity index (χ1v) is 6.49. The SMILES string of the molecule is CCCN(CCC)c1ncc([C@@H](C)O)cc1C. The Balaban J connectivity index is 2.95. The van der Waals surface area contributed by atoms with Crippen molar-refractivity contribution >= 4 is 5.82 Å². The maximum Gasteiger partial charge on any atom is 0.131 e. The molecule has 1 rings (SSSR count). The van der Waals surface area contributed by atoms with E-state index in [1.165, 1.54) is 0 Å². The molecule has 1 aromatic heterocycles. The fourth-order valence-corrected chi connectivity index (χ4v) is 2.01. The quantitative estimate of drug-likeness (QED) is 0.824. The summed E-state index contributed by atoms with van der Waals surface area (Å²) in [7, 11) is 0. The van der Waals surface area contributed by atoms with Crippen molar-refractivity contribution in [2.75, 3.05) is 18.0 Å². The fourth-order valence-electron chi connectivity index (χ4n) is 2.01. The third-order valence-electron chi connectivity index (χ3n) is 2.84. The van der Waals surface area contributed by atoms with Gasteiger partial charge in [0, 0.05) is 19.3 Å². The van der Waals surface area contributed by atoms with E-state index < -0.39 is 6.10 Å². The molecule has 0 aliphatic heterocycles. The molecule has 0 bridgehead atoms. The van der Waals surface area contributed by atoms with Gasteiger partial charge in [-0.2, -0.15) is 0 Å². The van der Waals surface area contributed by atoms with Crippen LogP contribution in [0.5, 0.6) is 0 Å². The molecular formula is C14H24N2O. The van der Waals surface area contributed by atoms with Crippen molar-refractivity contribution in [3.63, 3.8) is 0 Å². The molecule has 1 N–H and O–H groups in total. The van der Waals surface area contributed by atoms with E-state index in [0.717, 1.165) is 42.9 Å². The number of aryl methyl sites for hydroxylation is 1. The number of aliphatic hydroxyl groups excluding tert-OH is 1. The summed E-state index contributed by atoms with van der Waals surface area (Å²) in [6, 6.07) is 2.03. The van der Waals surface area contributed by atoms with E-state index in [9.17, 15) is 5.11 Å². The Morgan fingerprint density at radius 3 is 2.29 bits per heavy atom. The Morgan fingerprint density at radius 1 is 1.29 bits per heavy atom. The number of hydrogen-bond donors (Lipinski definition) is 1. The van der Waals surface area contributed by atoms with Gasteiger partial charge in [-0.15, -0.1) is 0 Å². The van der Waals surface area contributed by atoms with E-state index in [-0.39, 0.29) is 0 Å². The Hall–Kier alpha value is -1.09. The van der Waals surface area contributed by atoms with Crippen LogP contribution in [-0.4, -0.2) is 23.2 Å². The first-order chi connectivity index (χ1) is 8.10. The van der Waals surface area contributed by atoms with Crippen molar-refractivity contribution < 1.29 is 5.11 Å². The first kappa shape index (κ1) is 14.0. The highest BCUT2D eigenvalue weighted by Crippen LogP contribution is 2.21. The van der Waals surface area contributed by atoms with E-state index in [0.29, 0.717) is 0 Å². The normalized spacial score (nSPS) is 12.5. The molecule has 1 atom stereocenters. The van der Waals surface area contributed by atoms with Crippen molar-refractivity contribution in [3.05, 3.63) is 23.4 Å². The zero-order chi connectivity index (χ0) is 12.8. The topological polar surface area (TPSA) is 36.4 Å². The van der Waals surface area contributed by atoms with Crippen LogP contribution in [0.3, 0.4) is 0 Å². The summed E-state index contributed by atoms with van der Waals surface area (Å²) in [6.45, 7) is 10.3. The number of aromatic nitrogens is 1. The molecule has 0 aliphatic rings. The Morgan fingerprint density at radius 2 is 1.88 bits per heavy atom. The molecule has 0 aliphatic carbocycles. The molecular weight excluding hydrogens is 212 g/mol. The molecule has 3 nitrogen and oxygen atoms in total. The van der Waals surface area contributed by atoms with Gasteiger partial charge in [-0.3, -0.25) is 0 Å². The molecule has 0 unspecified atom stereocenters. The lowest BCUT2D eigenvalue weighted by Crippen LogP contribution is -2.26. The van der Waals surface area contributed by atoms with E-state index in [1.54, 1.807) is 13.1 Å². The molecule has 96 valence electrons. The molecule has 0 saturated heterocycles. The van der Waals surface area contributed by atoms with Crippen LogP contribution in [0.1, 0.15) is 50.8 Å². The average molecular weight is 236 g/mol. The molecule has 0 fully saturated rings. The smallest absolute Gasteiger partial charge is 0.131 e. The molecule has 0 amide bonds. The Kier molecular flexibility index (Phi) is 5.42. The van der Waals surface area contributed by atoms with Crippen LogP contribution in [0.2, 0.25) is 0 Å². The second-order valence-electron chi connectivity index (χ2n) is 4.57. The maximum atomic E-state index is 9.53.